The number of hydrogen-bond acceptors (Lipinski definition) is 6. The number of aromatic nitrogens is 1. The zero-order valence-corrected chi connectivity index (χ0v) is 19.5. The second-order valence-electron chi connectivity index (χ2n) is 7.64. The predicted octanol–water partition coefficient (Wildman–Crippen LogP) is 5.43. The van der Waals surface area contributed by atoms with E-state index >= 15 is 0 Å². The molecule has 8 nitrogen and oxygen atoms in total. The first-order valence-electron chi connectivity index (χ1n) is 10.5. The monoisotopic (exact) mass is 489 g/mol. The van der Waals surface area contributed by atoms with Gasteiger partial charge >= 0.3 is 6.03 Å². The number of aromatic hydroxyl groups is 1. The summed E-state index contributed by atoms with van der Waals surface area (Å²) < 4.78 is 5.18. The van der Waals surface area contributed by atoms with Crippen LogP contribution in [0.2, 0.25) is 5.02 Å². The van der Waals surface area contributed by atoms with E-state index in [1.807, 2.05) is 0 Å². The van der Waals surface area contributed by atoms with Crippen LogP contribution < -0.4 is 15.4 Å². The van der Waals surface area contributed by atoms with Crippen LogP contribution in [0.4, 0.5) is 10.5 Å². The molecular formula is C26H20ClN3O5. The number of anilines is 1. The molecule has 0 fully saturated rings. The first kappa shape index (κ1) is 23.7. The number of urea groups is 1. The number of nitrogens with one attached hydrogen (secondary N) is 2. The maximum atomic E-state index is 13.2. The molecule has 35 heavy (non-hydrogen) atoms. The second kappa shape index (κ2) is 9.82. The van der Waals surface area contributed by atoms with Gasteiger partial charge in [-0.15, -0.1) is 0 Å². The molecule has 3 N–H and O–H groups in total. The van der Waals surface area contributed by atoms with Crippen molar-refractivity contribution in [1.29, 1.82) is 0 Å². The van der Waals surface area contributed by atoms with Crippen molar-refractivity contribution in [3.05, 3.63) is 82.9 Å². The number of ether oxygens (including phenoxy) is 1. The van der Waals surface area contributed by atoms with Gasteiger partial charge in [-0.25, -0.2) is 9.78 Å². The predicted molar refractivity (Wildman–Crippen MR) is 133 cm³/mol. The highest BCUT2D eigenvalue weighted by Crippen LogP contribution is 2.32. The number of halogens is 1. The quantitative estimate of drug-likeness (QED) is 0.321. The Morgan fingerprint density at radius 3 is 2.40 bits per heavy atom. The minimum Gasteiger partial charge on any atom is -0.504 e. The van der Waals surface area contributed by atoms with Crippen LogP contribution in [0.3, 0.4) is 0 Å². The van der Waals surface area contributed by atoms with Gasteiger partial charge in [0.05, 0.1) is 23.9 Å². The van der Waals surface area contributed by atoms with Crippen molar-refractivity contribution in [3.8, 4) is 22.8 Å². The molecule has 0 spiro atoms. The Balaban J connectivity index is 1.75. The first-order chi connectivity index (χ1) is 16.7. The Morgan fingerprint density at radius 1 is 0.971 bits per heavy atom. The van der Waals surface area contributed by atoms with E-state index in [2.05, 4.69) is 15.6 Å². The summed E-state index contributed by atoms with van der Waals surface area (Å²) in [6.07, 6.45) is 0. The zero-order chi connectivity index (χ0) is 25.1. The third-order valence-corrected chi connectivity index (χ3v) is 5.52. The lowest BCUT2D eigenvalue weighted by Gasteiger charge is -2.12. The van der Waals surface area contributed by atoms with Gasteiger partial charge in [0.2, 0.25) is 0 Å². The summed E-state index contributed by atoms with van der Waals surface area (Å²) in [5, 5.41) is 15.7. The number of pyridine rings is 1. The minimum absolute atomic E-state index is 0.0417. The Labute approximate surface area is 205 Å². The maximum absolute atomic E-state index is 13.2. The van der Waals surface area contributed by atoms with Gasteiger partial charge in [-0.05, 0) is 73.7 Å². The van der Waals surface area contributed by atoms with Crippen molar-refractivity contribution in [3.63, 3.8) is 0 Å². The number of carbonyl (C=O) groups is 3. The van der Waals surface area contributed by atoms with Crippen molar-refractivity contribution in [2.45, 2.75) is 6.92 Å². The number of rotatable bonds is 5. The fraction of sp³-hybridized carbons (Fsp3) is 0.0769. The number of ketones is 1. The lowest BCUT2D eigenvalue weighted by atomic mass is 10.0. The van der Waals surface area contributed by atoms with Gasteiger partial charge in [0.1, 0.15) is 0 Å². The number of benzene rings is 3. The van der Waals surface area contributed by atoms with Crippen LogP contribution in [0.25, 0.3) is 22.2 Å². The molecule has 3 aromatic carbocycles. The normalized spacial score (nSPS) is 10.6. The molecule has 0 unspecified atom stereocenters. The summed E-state index contributed by atoms with van der Waals surface area (Å²) in [5.41, 5.74) is 2.44. The average Bonchev–Trinajstić information content (AvgIpc) is 2.84. The molecule has 1 heterocycles. The number of hydrogen-bond donors (Lipinski definition) is 3. The van der Waals surface area contributed by atoms with Crippen LogP contribution in [0, 0.1) is 0 Å². The molecule has 0 radical (unpaired) electrons. The smallest absolute Gasteiger partial charge is 0.326 e. The standard InChI is InChI=1S/C26H20ClN3O5/c1-14(31)15-3-9-21-19(11-15)20(13-22(29-21)16-4-10-23(32)24(12-16)35-2)25(33)30-26(34)28-18-7-5-17(27)6-8-18/h3-13,32H,1-2H3,(H2,28,30,33,34). The summed E-state index contributed by atoms with van der Waals surface area (Å²) >= 11 is 5.86. The molecule has 1 aromatic heterocycles. The van der Waals surface area contributed by atoms with Gasteiger partial charge in [0.25, 0.3) is 5.91 Å². The topological polar surface area (TPSA) is 118 Å². The highest BCUT2D eigenvalue weighted by molar-refractivity contribution is 6.30. The summed E-state index contributed by atoms with van der Waals surface area (Å²) in [5.74, 6) is -0.660. The number of methoxy groups -OCH3 is 1. The molecule has 176 valence electrons. The molecule has 4 rings (SSSR count). The zero-order valence-electron chi connectivity index (χ0n) is 18.8. The van der Waals surface area contributed by atoms with Crippen molar-refractivity contribution in [2.75, 3.05) is 12.4 Å². The highest BCUT2D eigenvalue weighted by atomic mass is 35.5. The van der Waals surface area contributed by atoms with E-state index in [0.717, 1.165) is 0 Å². The number of phenols is 1. The molecule has 9 heteroatoms. The Hall–Kier alpha value is -4.43. The summed E-state index contributed by atoms with van der Waals surface area (Å²) in [7, 11) is 1.42. The Bertz CT molecular complexity index is 1470. The second-order valence-corrected chi connectivity index (χ2v) is 8.08. The SMILES string of the molecule is COc1cc(-c2cc(C(=O)NC(=O)Nc3ccc(Cl)cc3)c3cc(C(C)=O)ccc3n2)ccc1O. The average molecular weight is 490 g/mol. The van der Waals surface area contributed by atoms with E-state index in [9.17, 15) is 19.5 Å². The number of amides is 3. The molecule has 0 saturated carbocycles. The number of fused-ring (bicyclic) bond motifs is 1. The van der Waals surface area contributed by atoms with Gasteiger partial charge in [0.15, 0.2) is 17.3 Å². The molecule has 0 atom stereocenters. The van der Waals surface area contributed by atoms with Crippen LogP contribution >= 0.6 is 11.6 Å². The molecule has 0 saturated heterocycles. The van der Waals surface area contributed by atoms with Crippen molar-refractivity contribution in [1.82, 2.24) is 10.3 Å². The number of Topliss-reactive ketones (excluding diaryl/α,β-unsaturated/α-hetero) is 1. The highest BCUT2D eigenvalue weighted by Gasteiger charge is 2.18. The van der Waals surface area contributed by atoms with Gasteiger partial charge in [0, 0.05) is 27.2 Å². The van der Waals surface area contributed by atoms with E-state index in [-0.39, 0.29) is 22.8 Å². The molecule has 0 aliphatic heterocycles. The molecular weight excluding hydrogens is 470 g/mol. The van der Waals surface area contributed by atoms with Crippen molar-refractivity contribution in [2.24, 2.45) is 0 Å². The lowest BCUT2D eigenvalue weighted by molar-refractivity contribution is 0.0966. The number of carbonyl (C=O) groups excluding carboxylic acids is 3. The molecule has 0 aliphatic rings. The summed E-state index contributed by atoms with van der Waals surface area (Å²) in [6, 6.07) is 16.7. The van der Waals surface area contributed by atoms with Crippen LogP contribution in [0.1, 0.15) is 27.6 Å². The fourth-order valence-electron chi connectivity index (χ4n) is 3.48. The fourth-order valence-corrected chi connectivity index (χ4v) is 3.61. The molecule has 0 aliphatic carbocycles. The van der Waals surface area contributed by atoms with Crippen molar-refractivity contribution < 1.29 is 24.2 Å². The van der Waals surface area contributed by atoms with E-state index in [0.29, 0.717) is 38.4 Å². The van der Waals surface area contributed by atoms with E-state index in [4.69, 9.17) is 16.3 Å². The summed E-state index contributed by atoms with van der Waals surface area (Å²) in [4.78, 5) is 42.2. The number of phenolic OH excluding ortho intramolecular Hbond substituents is 1. The van der Waals surface area contributed by atoms with E-state index in [1.165, 1.54) is 26.2 Å². The minimum atomic E-state index is -0.738. The van der Waals surface area contributed by atoms with Crippen molar-refractivity contribution >= 4 is 45.9 Å². The molecule has 0 bridgehead atoms. The third-order valence-electron chi connectivity index (χ3n) is 5.26. The summed E-state index contributed by atoms with van der Waals surface area (Å²) in [6.45, 7) is 1.42. The largest absolute Gasteiger partial charge is 0.504 e. The molecule has 3 amide bonds. The maximum Gasteiger partial charge on any atom is 0.326 e. The van der Waals surface area contributed by atoms with Gasteiger partial charge in [-0.1, -0.05) is 11.6 Å². The van der Waals surface area contributed by atoms with Gasteiger partial charge < -0.3 is 15.2 Å². The van der Waals surface area contributed by atoms with Crippen LogP contribution in [0.5, 0.6) is 11.5 Å². The first-order valence-corrected chi connectivity index (χ1v) is 10.8. The number of imide groups is 1. The van der Waals surface area contributed by atoms with Gasteiger partial charge in [-0.3, -0.25) is 14.9 Å². The number of nitrogens with zero attached hydrogens (tertiary/aromatic N) is 1. The van der Waals surface area contributed by atoms with Gasteiger partial charge in [-0.2, -0.15) is 0 Å². The van der Waals surface area contributed by atoms with E-state index < -0.39 is 11.9 Å². The Morgan fingerprint density at radius 2 is 1.71 bits per heavy atom. The van der Waals surface area contributed by atoms with E-state index in [1.54, 1.807) is 54.6 Å². The molecule has 4 aromatic rings. The van der Waals surface area contributed by atoms with Crippen LogP contribution in [-0.4, -0.2) is 34.9 Å². The van der Waals surface area contributed by atoms with Crippen LogP contribution in [-0.2, 0) is 0 Å². The third kappa shape index (κ3) is 5.23. The Kier molecular flexibility index (Phi) is 6.66. The van der Waals surface area contributed by atoms with Crippen LogP contribution in [0.15, 0.2) is 66.7 Å². The lowest BCUT2D eigenvalue weighted by Crippen LogP contribution is -2.34.